The Labute approximate surface area is 160 Å². The van der Waals surface area contributed by atoms with Gasteiger partial charge >= 0.3 is 0 Å². The molecule has 0 radical (unpaired) electrons. The minimum absolute atomic E-state index is 0.129. The molecule has 0 saturated carbocycles. The fourth-order valence-electron chi connectivity index (χ4n) is 2.36. The second-order valence-electron chi connectivity index (χ2n) is 5.77. The lowest BCUT2D eigenvalue weighted by Crippen LogP contribution is -2.23. The molecule has 3 N–H and O–H groups in total. The van der Waals surface area contributed by atoms with Crippen LogP contribution in [0.3, 0.4) is 0 Å². The number of anilines is 1. The third-order valence-electron chi connectivity index (χ3n) is 3.73. The van der Waals surface area contributed by atoms with Crippen LogP contribution in [0.25, 0.3) is 11.6 Å². The Morgan fingerprint density at radius 2 is 2.00 bits per heavy atom. The van der Waals surface area contributed by atoms with Gasteiger partial charge in [0.05, 0.1) is 11.5 Å². The van der Waals surface area contributed by atoms with Crippen LogP contribution in [-0.4, -0.2) is 31.8 Å². The van der Waals surface area contributed by atoms with E-state index in [-0.39, 0.29) is 12.3 Å². The number of para-hydroxylation sites is 1. The van der Waals surface area contributed by atoms with Gasteiger partial charge in [0.1, 0.15) is 0 Å². The summed E-state index contributed by atoms with van der Waals surface area (Å²) in [5, 5.41) is 11.3. The Kier molecular flexibility index (Phi) is 5.92. The summed E-state index contributed by atoms with van der Waals surface area (Å²) >= 11 is 1.25. The summed E-state index contributed by atoms with van der Waals surface area (Å²) in [5.41, 5.74) is 6.00. The molecule has 2 amide bonds. The molecule has 3 aromatic rings. The first-order valence-electron chi connectivity index (χ1n) is 8.32. The Hall–Kier alpha value is -3.07. The zero-order valence-corrected chi connectivity index (χ0v) is 15.5. The number of amides is 2. The maximum absolute atomic E-state index is 12.4. The summed E-state index contributed by atoms with van der Waals surface area (Å²) in [6.45, 7) is 2.08. The topological polar surface area (TPSA) is 116 Å². The fraction of sp³-hybridized carbons (Fsp3) is 0.222. The number of nitrogens with one attached hydrogen (secondary N) is 1. The number of hydrogen-bond acceptors (Lipinski definition) is 6. The van der Waals surface area contributed by atoms with Crippen LogP contribution in [0.5, 0.6) is 0 Å². The predicted octanol–water partition coefficient (Wildman–Crippen LogP) is 2.53. The number of nitrogens with zero attached hydrogens (tertiary/aromatic N) is 3. The normalized spacial score (nSPS) is 11.9. The monoisotopic (exact) mass is 385 g/mol. The smallest absolute Gasteiger partial charge is 0.237 e. The molecule has 0 saturated heterocycles. The van der Waals surface area contributed by atoms with Crippen molar-refractivity contribution in [3.8, 4) is 11.6 Å². The van der Waals surface area contributed by atoms with Crippen molar-refractivity contribution in [3.63, 3.8) is 0 Å². The van der Waals surface area contributed by atoms with Crippen molar-refractivity contribution in [1.29, 1.82) is 0 Å². The first-order chi connectivity index (χ1) is 13.0. The van der Waals surface area contributed by atoms with E-state index in [4.69, 9.17) is 10.2 Å². The summed E-state index contributed by atoms with van der Waals surface area (Å²) in [6, 6.07) is 12.7. The second kappa shape index (κ2) is 8.54. The van der Waals surface area contributed by atoms with E-state index in [2.05, 4.69) is 15.5 Å². The Morgan fingerprint density at radius 1 is 1.22 bits per heavy atom. The molecule has 8 nitrogen and oxygen atoms in total. The summed E-state index contributed by atoms with van der Waals surface area (Å²) in [4.78, 5) is 23.7. The van der Waals surface area contributed by atoms with Crippen molar-refractivity contribution in [3.05, 3.63) is 48.7 Å². The zero-order valence-electron chi connectivity index (χ0n) is 14.7. The first kappa shape index (κ1) is 18.7. The van der Waals surface area contributed by atoms with Gasteiger partial charge in [0, 0.05) is 18.7 Å². The predicted molar refractivity (Wildman–Crippen MR) is 102 cm³/mol. The van der Waals surface area contributed by atoms with Crippen LogP contribution in [0.1, 0.15) is 13.3 Å². The second-order valence-corrected chi connectivity index (χ2v) is 7.07. The molecule has 140 valence electrons. The molecule has 0 spiro atoms. The maximum Gasteiger partial charge on any atom is 0.237 e. The highest BCUT2D eigenvalue weighted by molar-refractivity contribution is 8.00. The highest BCUT2D eigenvalue weighted by atomic mass is 32.2. The SMILES string of the molecule is CC(Sc1nnc(-c2ccco2)n1CCC(N)=O)C(=O)Nc1ccccc1. The van der Waals surface area contributed by atoms with E-state index in [9.17, 15) is 9.59 Å². The molecule has 0 aliphatic carbocycles. The van der Waals surface area contributed by atoms with Crippen LogP contribution in [0.15, 0.2) is 58.3 Å². The lowest BCUT2D eigenvalue weighted by atomic mass is 10.3. The van der Waals surface area contributed by atoms with Crippen LogP contribution in [-0.2, 0) is 16.1 Å². The number of hydrogen-bond donors (Lipinski definition) is 2. The van der Waals surface area contributed by atoms with Crippen LogP contribution in [0.2, 0.25) is 0 Å². The third kappa shape index (κ3) is 4.76. The summed E-state index contributed by atoms with van der Waals surface area (Å²) in [5.74, 6) is 0.426. The molecular weight excluding hydrogens is 366 g/mol. The van der Waals surface area contributed by atoms with E-state index in [0.717, 1.165) is 5.69 Å². The largest absolute Gasteiger partial charge is 0.461 e. The summed E-state index contributed by atoms with van der Waals surface area (Å²) in [6.07, 6.45) is 1.66. The van der Waals surface area contributed by atoms with E-state index in [1.165, 1.54) is 18.0 Å². The number of benzene rings is 1. The number of carbonyl (C=O) groups is 2. The van der Waals surface area contributed by atoms with Gasteiger partial charge in [-0.3, -0.25) is 14.2 Å². The van der Waals surface area contributed by atoms with Crippen molar-refractivity contribution < 1.29 is 14.0 Å². The van der Waals surface area contributed by atoms with Crippen LogP contribution in [0.4, 0.5) is 5.69 Å². The van der Waals surface area contributed by atoms with Gasteiger partial charge < -0.3 is 15.5 Å². The maximum atomic E-state index is 12.4. The number of nitrogens with two attached hydrogens (primary N) is 1. The summed E-state index contributed by atoms with van der Waals surface area (Å²) < 4.78 is 7.12. The Bertz CT molecular complexity index is 908. The number of thioether (sulfide) groups is 1. The zero-order chi connectivity index (χ0) is 19.2. The van der Waals surface area contributed by atoms with Gasteiger partial charge in [-0.15, -0.1) is 10.2 Å². The average molecular weight is 385 g/mol. The minimum atomic E-state index is -0.431. The number of aromatic nitrogens is 3. The van der Waals surface area contributed by atoms with Crippen LogP contribution >= 0.6 is 11.8 Å². The highest BCUT2D eigenvalue weighted by Crippen LogP contribution is 2.28. The molecule has 9 heteroatoms. The van der Waals surface area contributed by atoms with Crippen molar-refractivity contribution in [1.82, 2.24) is 14.8 Å². The van der Waals surface area contributed by atoms with Crippen LogP contribution in [0, 0.1) is 0 Å². The molecule has 27 heavy (non-hydrogen) atoms. The molecule has 0 aliphatic heterocycles. The average Bonchev–Trinajstić information content (AvgIpc) is 3.30. The molecule has 0 aliphatic rings. The molecule has 0 fully saturated rings. The van der Waals surface area contributed by atoms with Crippen molar-refractivity contribution >= 4 is 29.3 Å². The van der Waals surface area contributed by atoms with Gasteiger partial charge in [-0.05, 0) is 31.2 Å². The number of furan rings is 1. The van der Waals surface area contributed by atoms with Gasteiger partial charge in [0.2, 0.25) is 11.8 Å². The highest BCUT2D eigenvalue weighted by Gasteiger charge is 2.22. The Morgan fingerprint density at radius 3 is 2.67 bits per heavy atom. The van der Waals surface area contributed by atoms with Crippen molar-refractivity contribution in [2.75, 3.05) is 5.32 Å². The molecule has 2 heterocycles. The van der Waals surface area contributed by atoms with E-state index in [0.29, 0.717) is 23.3 Å². The Balaban J connectivity index is 1.76. The van der Waals surface area contributed by atoms with Gasteiger partial charge in [0.15, 0.2) is 16.7 Å². The van der Waals surface area contributed by atoms with E-state index < -0.39 is 11.2 Å². The number of carbonyl (C=O) groups excluding carboxylic acids is 2. The van der Waals surface area contributed by atoms with Crippen molar-refractivity contribution in [2.24, 2.45) is 5.73 Å². The quantitative estimate of drug-likeness (QED) is 0.576. The number of primary amides is 1. The van der Waals surface area contributed by atoms with Gasteiger partial charge in [-0.2, -0.15) is 0 Å². The van der Waals surface area contributed by atoms with Gasteiger partial charge in [0.25, 0.3) is 0 Å². The van der Waals surface area contributed by atoms with E-state index in [1.54, 1.807) is 23.6 Å². The minimum Gasteiger partial charge on any atom is -0.461 e. The fourth-order valence-corrected chi connectivity index (χ4v) is 3.24. The molecule has 1 unspecified atom stereocenters. The molecule has 1 atom stereocenters. The van der Waals surface area contributed by atoms with Crippen LogP contribution < -0.4 is 11.1 Å². The lowest BCUT2D eigenvalue weighted by molar-refractivity contribution is -0.118. The molecule has 1 aromatic carbocycles. The van der Waals surface area contributed by atoms with Gasteiger partial charge in [-0.25, -0.2) is 0 Å². The molecule has 0 bridgehead atoms. The van der Waals surface area contributed by atoms with E-state index in [1.807, 2.05) is 30.3 Å². The first-order valence-corrected chi connectivity index (χ1v) is 9.20. The molecule has 2 aromatic heterocycles. The van der Waals surface area contributed by atoms with Crippen molar-refractivity contribution in [2.45, 2.75) is 30.3 Å². The summed E-state index contributed by atoms with van der Waals surface area (Å²) in [7, 11) is 0. The molecular formula is C18H19N5O3S. The standard InChI is InChI=1S/C18H19N5O3S/c1-12(17(25)20-13-6-3-2-4-7-13)27-18-22-21-16(14-8-5-11-26-14)23(18)10-9-15(19)24/h2-8,11-12H,9-10H2,1H3,(H2,19,24)(H,20,25). The van der Waals surface area contributed by atoms with Gasteiger partial charge in [-0.1, -0.05) is 30.0 Å². The lowest BCUT2D eigenvalue weighted by Gasteiger charge is -2.13. The number of rotatable bonds is 8. The third-order valence-corrected chi connectivity index (χ3v) is 4.81. The van der Waals surface area contributed by atoms with E-state index >= 15 is 0 Å². The molecule has 3 rings (SSSR count).